The second kappa shape index (κ2) is 16.8. The number of aromatic hydroxyl groups is 1. The number of ether oxygens (including phenoxy) is 1. The lowest BCUT2D eigenvalue weighted by Crippen LogP contribution is -2.19. The third-order valence-electron chi connectivity index (χ3n) is 8.66. The van der Waals surface area contributed by atoms with Gasteiger partial charge in [-0.25, -0.2) is 0 Å². The molecule has 20 nitrogen and oxygen atoms in total. The second-order valence-electron chi connectivity index (χ2n) is 12.7. The van der Waals surface area contributed by atoms with Gasteiger partial charge in [-0.3, -0.25) is 18.5 Å². The van der Waals surface area contributed by atoms with Gasteiger partial charge in [0, 0.05) is 16.5 Å². The molecule has 0 aliphatic heterocycles. The van der Waals surface area contributed by atoms with Crippen LogP contribution < -0.4 is 16.0 Å². The number of carbonyl (C=O) groups excluding carboxylic acids is 1. The molecule has 0 fully saturated rings. The number of phenols is 1. The number of nitrogens with one attached hydrogen (secondary N) is 3. The van der Waals surface area contributed by atoms with Gasteiger partial charge in [0.2, 0.25) is 17.8 Å². The maximum Gasteiger partial charge on any atom is 0.308 e. The summed E-state index contributed by atoms with van der Waals surface area (Å²) >= 11 is 0. The maximum absolute atomic E-state index is 12.4. The van der Waals surface area contributed by atoms with E-state index in [2.05, 4.69) is 41.1 Å². The predicted molar refractivity (Wildman–Crippen MR) is 215 cm³/mol. The zero-order valence-corrected chi connectivity index (χ0v) is 33.2. The zero-order valence-electron chi connectivity index (χ0n) is 30.8. The van der Waals surface area contributed by atoms with Crippen LogP contribution in [0.15, 0.2) is 110 Å². The van der Waals surface area contributed by atoms with Crippen LogP contribution >= 0.6 is 0 Å². The van der Waals surface area contributed by atoms with E-state index in [0.717, 1.165) is 24.3 Å². The van der Waals surface area contributed by atoms with Crippen molar-refractivity contribution >= 4 is 98.5 Å². The van der Waals surface area contributed by atoms with Gasteiger partial charge in [-0.1, -0.05) is 50.2 Å². The fourth-order valence-corrected chi connectivity index (χ4v) is 7.44. The molecular formula is C36H34N8O12S3. The minimum Gasteiger partial charge on any atom is -0.505 e. The molecule has 1 heterocycles. The Hall–Kier alpha value is -6.37. The molecule has 0 saturated carbocycles. The molecular weight excluding hydrogens is 833 g/mol. The van der Waals surface area contributed by atoms with Gasteiger partial charge in [-0.2, -0.15) is 40.2 Å². The van der Waals surface area contributed by atoms with Crippen molar-refractivity contribution in [1.29, 1.82) is 0 Å². The van der Waals surface area contributed by atoms with E-state index in [0.29, 0.717) is 11.8 Å². The van der Waals surface area contributed by atoms with Gasteiger partial charge in [0.05, 0.1) is 27.9 Å². The van der Waals surface area contributed by atoms with Crippen molar-refractivity contribution in [2.24, 2.45) is 16.1 Å². The molecule has 0 aliphatic rings. The summed E-state index contributed by atoms with van der Waals surface area (Å²) in [6, 6.07) is 18.8. The summed E-state index contributed by atoms with van der Waals surface area (Å²) in [5, 5.41) is 28.8. The molecule has 0 radical (unpaired) electrons. The summed E-state index contributed by atoms with van der Waals surface area (Å²) < 4.78 is 107. The van der Waals surface area contributed by atoms with E-state index < -0.39 is 51.9 Å². The van der Waals surface area contributed by atoms with Crippen molar-refractivity contribution in [2.75, 3.05) is 29.1 Å². The van der Waals surface area contributed by atoms with E-state index in [9.17, 15) is 48.8 Å². The molecule has 308 valence electrons. The largest absolute Gasteiger partial charge is 0.505 e. The molecule has 0 aliphatic carbocycles. The van der Waals surface area contributed by atoms with Gasteiger partial charge in [0.25, 0.3) is 30.4 Å². The number of nitrogens with zero attached hydrogens (tertiary/aromatic N) is 5. The summed E-state index contributed by atoms with van der Waals surface area (Å²) in [5.74, 6) is -1.85. The number of phenolic OH excluding ortho intramolecular Hbond substituents is 1. The lowest BCUT2D eigenvalue weighted by Gasteiger charge is -2.15. The molecule has 1 aromatic heterocycles. The Labute approximate surface area is 336 Å². The summed E-state index contributed by atoms with van der Waals surface area (Å²) in [5.41, 5.74) is -0.399. The highest BCUT2D eigenvalue weighted by atomic mass is 32.2. The number of rotatable bonds is 15. The summed E-state index contributed by atoms with van der Waals surface area (Å²) in [4.78, 5) is 23.6. The number of benzene rings is 5. The van der Waals surface area contributed by atoms with Crippen LogP contribution in [0.4, 0.5) is 40.6 Å². The van der Waals surface area contributed by atoms with Crippen LogP contribution in [0, 0.1) is 5.92 Å². The number of hydrogen-bond acceptors (Lipinski definition) is 17. The lowest BCUT2D eigenvalue weighted by molar-refractivity contribution is -0.147. The van der Waals surface area contributed by atoms with E-state index in [-0.39, 0.29) is 80.7 Å². The minimum atomic E-state index is -4.84. The van der Waals surface area contributed by atoms with Crippen LogP contribution in [-0.4, -0.2) is 78.1 Å². The minimum absolute atomic E-state index is 0.0287. The number of fused-ring (bicyclic) bond motifs is 2. The maximum atomic E-state index is 12.4. The fraction of sp³-hybridized carbons (Fsp3) is 0.167. The number of aromatic nitrogens is 3. The van der Waals surface area contributed by atoms with E-state index in [4.69, 9.17) is 4.74 Å². The predicted octanol–water partition coefficient (Wildman–Crippen LogP) is 6.53. The van der Waals surface area contributed by atoms with Crippen LogP contribution in [0.25, 0.3) is 21.5 Å². The average molecular weight is 867 g/mol. The van der Waals surface area contributed by atoms with E-state index in [1.807, 2.05) is 6.92 Å². The molecule has 1 atom stereocenters. The summed E-state index contributed by atoms with van der Waals surface area (Å²) in [7, 11) is -14.1. The highest BCUT2D eigenvalue weighted by molar-refractivity contribution is 7.86. The molecule has 6 rings (SSSR count). The topological polar surface area (TPSA) is 309 Å². The number of carbonyl (C=O) groups is 1. The van der Waals surface area contributed by atoms with Crippen molar-refractivity contribution in [3.05, 3.63) is 84.9 Å². The van der Waals surface area contributed by atoms with Gasteiger partial charge in [0.1, 0.15) is 22.9 Å². The molecule has 23 heteroatoms. The molecule has 0 amide bonds. The van der Waals surface area contributed by atoms with Gasteiger partial charge in [0.15, 0.2) is 5.75 Å². The first-order valence-corrected chi connectivity index (χ1v) is 21.6. The van der Waals surface area contributed by atoms with E-state index in [1.165, 1.54) is 36.4 Å². The third-order valence-corrected chi connectivity index (χ3v) is 11.3. The highest BCUT2D eigenvalue weighted by Gasteiger charge is 2.22. The Balaban J connectivity index is 1.41. The first-order chi connectivity index (χ1) is 27.8. The SMILES string of the molecule is CCC(C)C(=O)OCCNc1nc(Nc2ccc(S(=O)(=O)O)cc2)nc(Nc2cc(S(=O)(=O)O)cc3ccc(/N=N/c4ccc5ccccc5c4S(=O)(=O)O)c(O)c23)n1. The quantitative estimate of drug-likeness (QED) is 0.0250. The molecule has 1 unspecified atom stereocenters. The Morgan fingerprint density at radius 1 is 0.729 bits per heavy atom. The second-order valence-corrected chi connectivity index (χ2v) is 16.9. The summed E-state index contributed by atoms with van der Waals surface area (Å²) in [6.07, 6.45) is 0.571. The van der Waals surface area contributed by atoms with Crippen molar-refractivity contribution in [3.8, 4) is 5.75 Å². The molecule has 0 spiro atoms. The molecule has 7 N–H and O–H groups in total. The van der Waals surface area contributed by atoms with Crippen LogP contribution in [0.1, 0.15) is 20.3 Å². The number of azo groups is 1. The molecule has 0 bridgehead atoms. The number of esters is 1. The lowest BCUT2D eigenvalue weighted by atomic mass is 10.1. The Morgan fingerprint density at radius 3 is 2.00 bits per heavy atom. The van der Waals surface area contributed by atoms with Crippen molar-refractivity contribution < 1.29 is 53.5 Å². The standard InChI is InChI=1S/C36H34N8O12S3/c1-3-20(2)33(46)56-17-16-37-34-40-35(38-23-10-12-24(13-11-23)57(47,48)49)42-36(41-34)39-29-19-25(58(50,51)52)18-22-9-14-27(31(45)30(22)29)43-44-28-15-8-21-6-4-5-7-26(21)32(28)59(53,54)55/h4-15,18-20,45H,3,16-17H2,1-2H3,(H,47,48,49)(H,50,51,52)(H,53,54,55)(H3,37,38,39,40,41,42)/b44-43+. The van der Waals surface area contributed by atoms with E-state index in [1.54, 1.807) is 31.2 Å². The Morgan fingerprint density at radius 2 is 1.34 bits per heavy atom. The molecule has 0 saturated heterocycles. The van der Waals surface area contributed by atoms with Gasteiger partial charge in [-0.15, -0.1) is 10.2 Å². The van der Waals surface area contributed by atoms with Crippen LogP contribution in [0.2, 0.25) is 0 Å². The van der Waals surface area contributed by atoms with Crippen LogP contribution in [-0.2, 0) is 39.9 Å². The number of anilines is 5. The highest BCUT2D eigenvalue weighted by Crippen LogP contribution is 2.42. The van der Waals surface area contributed by atoms with Gasteiger partial charge < -0.3 is 25.8 Å². The first kappa shape index (κ1) is 42.2. The zero-order chi connectivity index (χ0) is 42.7. The monoisotopic (exact) mass is 866 g/mol. The van der Waals surface area contributed by atoms with Gasteiger partial charge in [-0.05, 0) is 65.7 Å². The van der Waals surface area contributed by atoms with Crippen molar-refractivity contribution in [1.82, 2.24) is 15.0 Å². The Bertz CT molecular complexity index is 2970. The molecule has 59 heavy (non-hydrogen) atoms. The first-order valence-electron chi connectivity index (χ1n) is 17.3. The van der Waals surface area contributed by atoms with Crippen LogP contribution in [0.5, 0.6) is 5.75 Å². The van der Waals surface area contributed by atoms with E-state index >= 15 is 0 Å². The van der Waals surface area contributed by atoms with Crippen molar-refractivity contribution in [3.63, 3.8) is 0 Å². The smallest absolute Gasteiger partial charge is 0.308 e. The normalized spacial score (nSPS) is 12.8. The Kier molecular flexibility index (Phi) is 12.1. The van der Waals surface area contributed by atoms with Crippen molar-refractivity contribution in [2.45, 2.75) is 35.0 Å². The van der Waals surface area contributed by atoms with Gasteiger partial charge >= 0.3 is 5.97 Å². The summed E-state index contributed by atoms with van der Waals surface area (Å²) in [6.45, 7) is 3.51. The molecule has 5 aromatic carbocycles. The van der Waals surface area contributed by atoms with Crippen LogP contribution in [0.3, 0.4) is 0 Å². The average Bonchev–Trinajstić information content (AvgIpc) is 3.17. The molecule has 6 aromatic rings. The fourth-order valence-electron chi connectivity index (χ4n) is 5.58. The third kappa shape index (κ3) is 10.0. The number of hydrogen-bond donors (Lipinski definition) is 7.